The van der Waals surface area contributed by atoms with Crippen LogP contribution in [0.5, 0.6) is 0 Å². The molecule has 0 spiro atoms. The Labute approximate surface area is 114 Å². The first-order chi connectivity index (χ1) is 8.96. The highest BCUT2D eigenvalue weighted by atomic mass is 32.1. The first-order valence-corrected chi connectivity index (χ1v) is 6.34. The molecule has 0 aliphatic carbocycles. The molecule has 0 radical (unpaired) electrons. The first-order valence-electron chi connectivity index (χ1n) is 5.93. The molecule has 0 unspecified atom stereocenters. The fourth-order valence-electron chi connectivity index (χ4n) is 2.39. The van der Waals surface area contributed by atoms with Crippen molar-refractivity contribution < 1.29 is 20.1 Å². The lowest BCUT2D eigenvalue weighted by Gasteiger charge is -2.33. The lowest BCUT2D eigenvalue weighted by Crippen LogP contribution is -2.46. The summed E-state index contributed by atoms with van der Waals surface area (Å²) in [6.45, 7) is 1.33. The van der Waals surface area contributed by atoms with Crippen molar-refractivity contribution >= 4 is 12.2 Å². The summed E-state index contributed by atoms with van der Waals surface area (Å²) in [5.74, 6) is 0. The number of ether oxygens (including phenoxy) is 1. The summed E-state index contributed by atoms with van der Waals surface area (Å²) in [5, 5.41) is 29.2. The highest BCUT2D eigenvalue weighted by molar-refractivity contribution is 7.71. The number of nitrogens with one attached hydrogen (secondary N) is 1. The van der Waals surface area contributed by atoms with Gasteiger partial charge in [-0.1, -0.05) is 6.92 Å². The van der Waals surface area contributed by atoms with Crippen LogP contribution < -0.4 is 5.56 Å². The molecule has 1 aliphatic rings. The van der Waals surface area contributed by atoms with Crippen LogP contribution in [-0.2, 0) is 10.5 Å². The molecular formula is C11H16N2O5S. The van der Waals surface area contributed by atoms with E-state index in [1.165, 1.54) is 16.8 Å². The first kappa shape index (κ1) is 14.4. The maximum Gasteiger partial charge on any atom is 0.251 e. The molecule has 7 nitrogen and oxygen atoms in total. The molecule has 1 aromatic heterocycles. The summed E-state index contributed by atoms with van der Waals surface area (Å²) in [6.07, 6.45) is -1.67. The standard InChI is InChI=1S/C11H16N2O5S/c1-2-11(9(17)8(16)6(5-14)18-11)13-4-3-7(15)12-10(13)19/h3-4,6,8-9,14,16-17H,2,5H2,1H3,(H,12,15,19)/t6-,8-,9-,11-/m1/s1. The molecule has 1 aliphatic heterocycles. The Bertz CT molecular complexity index is 571. The van der Waals surface area contributed by atoms with Gasteiger partial charge in [0, 0.05) is 12.3 Å². The molecular weight excluding hydrogens is 272 g/mol. The third-order valence-electron chi connectivity index (χ3n) is 3.44. The molecule has 1 fully saturated rings. The van der Waals surface area contributed by atoms with Gasteiger partial charge in [0.05, 0.1) is 6.61 Å². The fraction of sp³-hybridized carbons (Fsp3) is 0.636. The van der Waals surface area contributed by atoms with E-state index in [-0.39, 0.29) is 10.3 Å². The van der Waals surface area contributed by atoms with Crippen LogP contribution in [0.2, 0.25) is 0 Å². The number of H-pyrrole nitrogens is 1. The monoisotopic (exact) mass is 288 g/mol. The zero-order valence-corrected chi connectivity index (χ0v) is 11.1. The number of aliphatic hydroxyl groups excluding tert-OH is 3. The Morgan fingerprint density at radius 1 is 1.58 bits per heavy atom. The minimum atomic E-state index is -1.30. The van der Waals surface area contributed by atoms with Gasteiger partial charge in [0.2, 0.25) is 0 Å². The third kappa shape index (κ3) is 2.15. The van der Waals surface area contributed by atoms with Gasteiger partial charge < -0.3 is 20.1 Å². The second-order valence-electron chi connectivity index (χ2n) is 4.45. The minimum absolute atomic E-state index is 0.0826. The zero-order valence-electron chi connectivity index (χ0n) is 10.3. The van der Waals surface area contributed by atoms with E-state index in [2.05, 4.69) is 4.98 Å². The zero-order chi connectivity index (χ0) is 14.2. The molecule has 0 aromatic carbocycles. The van der Waals surface area contributed by atoms with E-state index in [4.69, 9.17) is 22.1 Å². The highest BCUT2D eigenvalue weighted by Crippen LogP contribution is 2.38. The lowest BCUT2D eigenvalue weighted by atomic mass is 10.00. The molecule has 4 atom stereocenters. The van der Waals surface area contributed by atoms with Crippen molar-refractivity contribution in [3.63, 3.8) is 0 Å². The average molecular weight is 288 g/mol. The molecule has 19 heavy (non-hydrogen) atoms. The smallest absolute Gasteiger partial charge is 0.251 e. The Balaban J connectivity index is 2.55. The second-order valence-corrected chi connectivity index (χ2v) is 4.84. The molecule has 106 valence electrons. The number of aromatic amines is 1. The van der Waals surface area contributed by atoms with Gasteiger partial charge >= 0.3 is 0 Å². The van der Waals surface area contributed by atoms with Crippen LogP contribution in [0, 0.1) is 4.77 Å². The van der Waals surface area contributed by atoms with Crippen molar-refractivity contribution in [2.45, 2.75) is 37.4 Å². The van der Waals surface area contributed by atoms with Gasteiger partial charge in [0.15, 0.2) is 10.5 Å². The van der Waals surface area contributed by atoms with E-state index in [9.17, 15) is 15.0 Å². The van der Waals surface area contributed by atoms with Crippen LogP contribution in [0.25, 0.3) is 0 Å². The van der Waals surface area contributed by atoms with Crippen LogP contribution in [0.4, 0.5) is 0 Å². The van der Waals surface area contributed by atoms with Gasteiger partial charge in [-0.2, -0.15) is 0 Å². The maximum absolute atomic E-state index is 11.2. The van der Waals surface area contributed by atoms with E-state index in [0.717, 1.165) is 0 Å². The molecule has 8 heteroatoms. The number of hydrogen-bond donors (Lipinski definition) is 4. The number of aliphatic hydroxyl groups is 3. The van der Waals surface area contributed by atoms with E-state index in [1.54, 1.807) is 6.92 Å². The van der Waals surface area contributed by atoms with Crippen molar-refractivity contribution in [3.8, 4) is 0 Å². The molecule has 0 bridgehead atoms. The summed E-state index contributed by atoms with van der Waals surface area (Å²) in [5.41, 5.74) is -1.66. The van der Waals surface area contributed by atoms with Crippen LogP contribution in [0.1, 0.15) is 13.3 Å². The van der Waals surface area contributed by atoms with Crippen LogP contribution in [0.15, 0.2) is 17.1 Å². The van der Waals surface area contributed by atoms with Gasteiger partial charge in [-0.05, 0) is 18.6 Å². The Kier molecular flexibility index (Phi) is 3.88. The van der Waals surface area contributed by atoms with E-state index < -0.39 is 30.6 Å². The van der Waals surface area contributed by atoms with Crippen LogP contribution >= 0.6 is 12.2 Å². The van der Waals surface area contributed by atoms with Crippen LogP contribution in [-0.4, -0.2) is 49.8 Å². The number of hydrogen-bond acceptors (Lipinski definition) is 6. The predicted molar refractivity (Wildman–Crippen MR) is 68.1 cm³/mol. The molecule has 2 heterocycles. The normalized spacial score (nSPS) is 34.6. The molecule has 2 rings (SSSR count). The summed E-state index contributed by atoms with van der Waals surface area (Å²) in [4.78, 5) is 13.6. The van der Waals surface area contributed by atoms with Crippen molar-refractivity contribution in [2.24, 2.45) is 0 Å². The lowest BCUT2D eigenvalue weighted by molar-refractivity contribution is -0.151. The average Bonchev–Trinajstić information content (AvgIpc) is 2.64. The maximum atomic E-state index is 11.2. The molecule has 1 aromatic rings. The minimum Gasteiger partial charge on any atom is -0.394 e. The van der Waals surface area contributed by atoms with E-state index in [1.807, 2.05) is 0 Å². The van der Waals surface area contributed by atoms with Gasteiger partial charge in [-0.15, -0.1) is 0 Å². The largest absolute Gasteiger partial charge is 0.394 e. The topological polar surface area (TPSA) is 108 Å². The van der Waals surface area contributed by atoms with Gasteiger partial charge in [-0.3, -0.25) is 14.3 Å². The predicted octanol–water partition coefficient (Wildman–Crippen LogP) is -0.918. The number of aromatic nitrogens is 2. The SMILES string of the molecule is CC[C@@]1(n2ccc(=O)[nH]c2=S)O[C@H](CO)[C@@H](O)[C@H]1O. The summed E-state index contributed by atoms with van der Waals surface area (Å²) >= 11 is 5.05. The summed E-state index contributed by atoms with van der Waals surface area (Å²) in [6, 6.07) is 1.25. The van der Waals surface area contributed by atoms with Gasteiger partial charge in [-0.25, -0.2) is 0 Å². The van der Waals surface area contributed by atoms with Crippen molar-refractivity contribution in [1.82, 2.24) is 9.55 Å². The number of rotatable bonds is 3. The summed E-state index contributed by atoms with van der Waals surface area (Å²) < 4.78 is 7.08. The quantitative estimate of drug-likeness (QED) is 0.536. The van der Waals surface area contributed by atoms with E-state index in [0.29, 0.717) is 6.42 Å². The number of nitrogens with zero attached hydrogens (tertiary/aromatic N) is 1. The van der Waals surface area contributed by atoms with Crippen molar-refractivity contribution in [1.29, 1.82) is 0 Å². The molecule has 0 amide bonds. The molecule has 1 saturated heterocycles. The Morgan fingerprint density at radius 3 is 2.74 bits per heavy atom. The fourth-order valence-corrected chi connectivity index (χ4v) is 2.71. The van der Waals surface area contributed by atoms with Crippen LogP contribution in [0.3, 0.4) is 0 Å². The second kappa shape index (κ2) is 5.14. The van der Waals surface area contributed by atoms with Crippen molar-refractivity contribution in [3.05, 3.63) is 27.4 Å². The van der Waals surface area contributed by atoms with Gasteiger partial charge in [0.1, 0.15) is 18.3 Å². The van der Waals surface area contributed by atoms with Gasteiger partial charge in [0.25, 0.3) is 5.56 Å². The van der Waals surface area contributed by atoms with E-state index >= 15 is 0 Å². The summed E-state index contributed by atoms with van der Waals surface area (Å²) in [7, 11) is 0. The van der Waals surface area contributed by atoms with Crippen molar-refractivity contribution in [2.75, 3.05) is 6.61 Å². The Hall–Kier alpha value is -1.06. The highest BCUT2D eigenvalue weighted by Gasteiger charge is 2.54. The third-order valence-corrected chi connectivity index (χ3v) is 3.74. The molecule has 4 N–H and O–H groups in total. The Morgan fingerprint density at radius 2 is 2.26 bits per heavy atom. The molecule has 0 saturated carbocycles.